The topological polar surface area (TPSA) is 43.1 Å². The molecule has 0 amide bonds. The monoisotopic (exact) mass is 231 g/mol. The molecule has 0 saturated heterocycles. The van der Waals surface area contributed by atoms with Crippen LogP contribution in [0.4, 0.5) is 5.69 Å². The molecule has 2 aromatic rings. The van der Waals surface area contributed by atoms with Crippen LogP contribution in [-0.2, 0) is 10.8 Å². The zero-order valence-electron chi connectivity index (χ0n) is 9.01. The van der Waals surface area contributed by atoms with Crippen LogP contribution in [-0.4, -0.2) is 4.21 Å². The first-order valence-electron chi connectivity index (χ1n) is 5.01. The van der Waals surface area contributed by atoms with Crippen molar-refractivity contribution >= 4 is 16.5 Å². The zero-order chi connectivity index (χ0) is 11.5. The van der Waals surface area contributed by atoms with Crippen LogP contribution in [0.1, 0.15) is 5.56 Å². The van der Waals surface area contributed by atoms with Gasteiger partial charge in [-0.05, 0) is 31.2 Å². The Bertz CT molecular complexity index is 520. The van der Waals surface area contributed by atoms with Gasteiger partial charge in [-0.25, -0.2) is 4.21 Å². The van der Waals surface area contributed by atoms with E-state index in [1.165, 1.54) is 0 Å². The highest BCUT2D eigenvalue weighted by atomic mass is 32.2. The second-order valence-electron chi connectivity index (χ2n) is 3.62. The van der Waals surface area contributed by atoms with Crippen molar-refractivity contribution in [1.29, 1.82) is 0 Å². The summed E-state index contributed by atoms with van der Waals surface area (Å²) in [6.07, 6.45) is 0. The molecule has 0 aliphatic rings. The first-order chi connectivity index (χ1) is 7.68. The van der Waals surface area contributed by atoms with E-state index in [-0.39, 0.29) is 0 Å². The van der Waals surface area contributed by atoms with Gasteiger partial charge in [0.15, 0.2) is 0 Å². The molecule has 0 saturated carbocycles. The van der Waals surface area contributed by atoms with E-state index in [4.69, 9.17) is 5.73 Å². The maximum absolute atomic E-state index is 12.2. The van der Waals surface area contributed by atoms with Gasteiger partial charge in [0.1, 0.15) is 0 Å². The van der Waals surface area contributed by atoms with Crippen LogP contribution < -0.4 is 5.73 Å². The SMILES string of the molecule is Cc1ccc(S(=O)c2ccccc2N)cc1. The molecule has 0 aliphatic carbocycles. The predicted molar refractivity (Wildman–Crippen MR) is 66.7 cm³/mol. The fourth-order valence-electron chi connectivity index (χ4n) is 1.44. The largest absolute Gasteiger partial charge is 0.398 e. The van der Waals surface area contributed by atoms with E-state index in [1.54, 1.807) is 12.1 Å². The molecule has 82 valence electrons. The highest BCUT2D eigenvalue weighted by Crippen LogP contribution is 2.21. The van der Waals surface area contributed by atoms with Gasteiger partial charge in [0.25, 0.3) is 0 Å². The summed E-state index contributed by atoms with van der Waals surface area (Å²) in [6, 6.07) is 14.9. The Morgan fingerprint density at radius 1 is 1.00 bits per heavy atom. The first-order valence-corrected chi connectivity index (χ1v) is 6.16. The van der Waals surface area contributed by atoms with Crippen LogP contribution in [0, 0.1) is 6.92 Å². The number of hydrogen-bond donors (Lipinski definition) is 1. The molecule has 2 rings (SSSR count). The van der Waals surface area contributed by atoms with Crippen LogP contribution >= 0.6 is 0 Å². The van der Waals surface area contributed by atoms with Crippen LogP contribution in [0.25, 0.3) is 0 Å². The summed E-state index contributed by atoms with van der Waals surface area (Å²) >= 11 is 0. The fourth-order valence-corrected chi connectivity index (χ4v) is 2.56. The van der Waals surface area contributed by atoms with Gasteiger partial charge in [0, 0.05) is 10.6 Å². The number of rotatable bonds is 2. The Hall–Kier alpha value is -1.61. The number of nitrogens with two attached hydrogens (primary N) is 1. The Labute approximate surface area is 97.6 Å². The van der Waals surface area contributed by atoms with Gasteiger partial charge in [-0.2, -0.15) is 0 Å². The number of benzene rings is 2. The number of aryl methyl sites for hydroxylation is 1. The molecular formula is C13H13NOS. The molecule has 0 bridgehead atoms. The van der Waals surface area contributed by atoms with Crippen LogP contribution in [0.15, 0.2) is 58.3 Å². The predicted octanol–water partition coefficient (Wildman–Crippen LogP) is 2.74. The standard InChI is InChI=1S/C13H13NOS/c1-10-6-8-11(9-7-10)16(15)13-5-3-2-4-12(13)14/h2-9H,14H2,1H3. The summed E-state index contributed by atoms with van der Waals surface area (Å²) < 4.78 is 12.2. The molecule has 0 aliphatic heterocycles. The van der Waals surface area contributed by atoms with E-state index in [0.29, 0.717) is 10.6 Å². The Balaban J connectivity index is 2.40. The molecule has 16 heavy (non-hydrogen) atoms. The molecule has 1 atom stereocenters. The Kier molecular flexibility index (Phi) is 3.06. The van der Waals surface area contributed by atoms with Crippen molar-refractivity contribution in [1.82, 2.24) is 0 Å². The van der Waals surface area contributed by atoms with E-state index < -0.39 is 10.8 Å². The summed E-state index contributed by atoms with van der Waals surface area (Å²) in [5.74, 6) is 0. The van der Waals surface area contributed by atoms with Gasteiger partial charge in [0.2, 0.25) is 0 Å². The third-order valence-corrected chi connectivity index (χ3v) is 3.83. The summed E-state index contributed by atoms with van der Waals surface area (Å²) in [4.78, 5) is 1.45. The lowest BCUT2D eigenvalue weighted by atomic mass is 10.2. The summed E-state index contributed by atoms with van der Waals surface area (Å²) in [5.41, 5.74) is 7.52. The maximum atomic E-state index is 12.2. The molecule has 2 aromatic carbocycles. The normalized spacial score (nSPS) is 12.3. The lowest BCUT2D eigenvalue weighted by molar-refractivity contribution is 0.683. The quantitative estimate of drug-likeness (QED) is 0.808. The number of anilines is 1. The molecule has 0 aromatic heterocycles. The summed E-state index contributed by atoms with van der Waals surface area (Å²) in [6.45, 7) is 2.00. The Morgan fingerprint density at radius 3 is 2.25 bits per heavy atom. The van der Waals surface area contributed by atoms with Gasteiger partial charge in [0.05, 0.1) is 15.7 Å². The maximum Gasteiger partial charge on any atom is 0.0870 e. The van der Waals surface area contributed by atoms with Crippen molar-refractivity contribution in [2.24, 2.45) is 0 Å². The molecule has 0 radical (unpaired) electrons. The number of para-hydroxylation sites is 1. The van der Waals surface area contributed by atoms with Gasteiger partial charge < -0.3 is 5.73 Å². The number of nitrogen functional groups attached to an aromatic ring is 1. The van der Waals surface area contributed by atoms with E-state index in [2.05, 4.69) is 0 Å². The lowest BCUT2D eigenvalue weighted by Crippen LogP contribution is -1.98. The molecule has 1 unspecified atom stereocenters. The van der Waals surface area contributed by atoms with E-state index in [1.807, 2.05) is 43.3 Å². The van der Waals surface area contributed by atoms with E-state index in [0.717, 1.165) is 10.5 Å². The van der Waals surface area contributed by atoms with Crippen LogP contribution in [0.3, 0.4) is 0 Å². The first kappa shape index (κ1) is 10.9. The minimum absolute atomic E-state index is 0.571. The molecule has 2 nitrogen and oxygen atoms in total. The average molecular weight is 231 g/mol. The van der Waals surface area contributed by atoms with Gasteiger partial charge in [-0.3, -0.25) is 0 Å². The van der Waals surface area contributed by atoms with Crippen molar-refractivity contribution in [2.45, 2.75) is 16.7 Å². The van der Waals surface area contributed by atoms with Crippen molar-refractivity contribution in [3.63, 3.8) is 0 Å². The molecule has 0 heterocycles. The van der Waals surface area contributed by atoms with Crippen molar-refractivity contribution in [2.75, 3.05) is 5.73 Å². The van der Waals surface area contributed by atoms with Crippen molar-refractivity contribution < 1.29 is 4.21 Å². The fraction of sp³-hybridized carbons (Fsp3) is 0.0769. The molecule has 0 fully saturated rings. The van der Waals surface area contributed by atoms with Crippen LogP contribution in [0.5, 0.6) is 0 Å². The molecule has 3 heteroatoms. The third-order valence-electron chi connectivity index (χ3n) is 2.35. The average Bonchev–Trinajstić information content (AvgIpc) is 2.30. The van der Waals surface area contributed by atoms with E-state index in [9.17, 15) is 4.21 Å². The summed E-state index contributed by atoms with van der Waals surface area (Å²) in [7, 11) is -1.19. The van der Waals surface area contributed by atoms with Crippen LogP contribution in [0.2, 0.25) is 0 Å². The minimum atomic E-state index is -1.19. The summed E-state index contributed by atoms with van der Waals surface area (Å²) in [5, 5.41) is 0. The zero-order valence-corrected chi connectivity index (χ0v) is 9.83. The molecule has 2 N–H and O–H groups in total. The highest BCUT2D eigenvalue weighted by Gasteiger charge is 2.09. The third kappa shape index (κ3) is 2.14. The second-order valence-corrected chi connectivity index (χ2v) is 5.07. The van der Waals surface area contributed by atoms with Gasteiger partial charge in [-0.15, -0.1) is 0 Å². The van der Waals surface area contributed by atoms with Gasteiger partial charge in [-0.1, -0.05) is 29.8 Å². The minimum Gasteiger partial charge on any atom is -0.398 e. The van der Waals surface area contributed by atoms with Crippen molar-refractivity contribution in [3.8, 4) is 0 Å². The number of hydrogen-bond acceptors (Lipinski definition) is 2. The highest BCUT2D eigenvalue weighted by molar-refractivity contribution is 7.85. The Morgan fingerprint density at radius 2 is 1.62 bits per heavy atom. The second kappa shape index (κ2) is 4.49. The smallest absolute Gasteiger partial charge is 0.0870 e. The van der Waals surface area contributed by atoms with Gasteiger partial charge >= 0.3 is 0 Å². The van der Waals surface area contributed by atoms with E-state index >= 15 is 0 Å². The lowest BCUT2D eigenvalue weighted by Gasteiger charge is -2.05. The molecule has 0 spiro atoms. The molecular weight excluding hydrogens is 218 g/mol. The van der Waals surface area contributed by atoms with Crippen molar-refractivity contribution in [3.05, 3.63) is 54.1 Å².